The van der Waals surface area contributed by atoms with Gasteiger partial charge in [0, 0.05) is 24.9 Å². The minimum Gasteiger partial charge on any atom is -0.399 e. The van der Waals surface area contributed by atoms with Crippen molar-refractivity contribution in [3.05, 3.63) is 24.0 Å². The van der Waals surface area contributed by atoms with Gasteiger partial charge < -0.3 is 10.5 Å². The first-order valence-electron chi connectivity index (χ1n) is 7.13. The van der Waals surface area contributed by atoms with Crippen LogP contribution >= 0.6 is 0 Å². The van der Waals surface area contributed by atoms with Crippen molar-refractivity contribution in [3.63, 3.8) is 0 Å². The number of hydrogen-bond acceptors (Lipinski definition) is 4. The van der Waals surface area contributed by atoms with Crippen molar-refractivity contribution in [2.45, 2.75) is 30.2 Å². The second kappa shape index (κ2) is 5.55. The predicted molar refractivity (Wildman–Crippen MR) is 76.7 cm³/mol. The SMILES string of the molecule is Nc1ccc(F)c(S(=O)(=O)N(CC2CCOC2)C2CC2)c1. The second-order valence-corrected chi connectivity index (χ2v) is 7.58. The van der Waals surface area contributed by atoms with Crippen molar-refractivity contribution in [3.8, 4) is 0 Å². The molecule has 1 aromatic carbocycles. The third kappa shape index (κ3) is 3.04. The Morgan fingerprint density at radius 2 is 2.10 bits per heavy atom. The molecule has 1 aliphatic carbocycles. The molecule has 0 amide bonds. The molecule has 116 valence electrons. The molecule has 2 aliphatic rings. The summed E-state index contributed by atoms with van der Waals surface area (Å²) in [7, 11) is -3.86. The molecule has 0 aromatic heterocycles. The number of benzene rings is 1. The van der Waals surface area contributed by atoms with Gasteiger partial charge in [-0.1, -0.05) is 0 Å². The molecule has 1 heterocycles. The van der Waals surface area contributed by atoms with Crippen molar-refractivity contribution in [2.24, 2.45) is 5.92 Å². The number of nitrogens with zero attached hydrogens (tertiary/aromatic N) is 1. The van der Waals surface area contributed by atoms with Crippen LogP contribution in [0.4, 0.5) is 10.1 Å². The van der Waals surface area contributed by atoms with Crippen molar-refractivity contribution < 1.29 is 17.5 Å². The van der Waals surface area contributed by atoms with Crippen LogP contribution in [-0.2, 0) is 14.8 Å². The zero-order valence-electron chi connectivity index (χ0n) is 11.7. The summed E-state index contributed by atoms with van der Waals surface area (Å²) >= 11 is 0. The Morgan fingerprint density at radius 1 is 1.33 bits per heavy atom. The van der Waals surface area contributed by atoms with Gasteiger partial charge >= 0.3 is 0 Å². The minimum absolute atomic E-state index is 0.0172. The fourth-order valence-electron chi connectivity index (χ4n) is 2.63. The monoisotopic (exact) mass is 314 g/mol. The molecule has 0 bridgehead atoms. The molecule has 1 unspecified atom stereocenters. The Hall–Kier alpha value is -1.18. The molecule has 0 spiro atoms. The van der Waals surface area contributed by atoms with Gasteiger partial charge in [-0.2, -0.15) is 4.31 Å². The molecule has 1 atom stereocenters. The van der Waals surface area contributed by atoms with E-state index < -0.39 is 15.8 Å². The van der Waals surface area contributed by atoms with Crippen LogP contribution in [0.5, 0.6) is 0 Å². The molecule has 1 aliphatic heterocycles. The summed E-state index contributed by atoms with van der Waals surface area (Å²) in [5.41, 5.74) is 5.86. The first-order valence-corrected chi connectivity index (χ1v) is 8.57. The molecule has 5 nitrogen and oxygen atoms in total. The van der Waals surface area contributed by atoms with E-state index in [1.165, 1.54) is 16.4 Å². The lowest BCUT2D eigenvalue weighted by molar-refractivity contribution is 0.180. The van der Waals surface area contributed by atoms with Gasteiger partial charge in [-0.25, -0.2) is 12.8 Å². The van der Waals surface area contributed by atoms with E-state index in [-0.39, 0.29) is 22.5 Å². The van der Waals surface area contributed by atoms with Gasteiger partial charge in [0.1, 0.15) is 10.7 Å². The van der Waals surface area contributed by atoms with Crippen LogP contribution in [-0.4, -0.2) is 38.5 Å². The molecule has 1 saturated carbocycles. The van der Waals surface area contributed by atoms with E-state index in [0.717, 1.165) is 25.3 Å². The van der Waals surface area contributed by atoms with Crippen molar-refractivity contribution in [1.82, 2.24) is 4.31 Å². The van der Waals surface area contributed by atoms with E-state index in [2.05, 4.69) is 0 Å². The normalized spacial score (nSPS) is 22.9. The van der Waals surface area contributed by atoms with Crippen LogP contribution < -0.4 is 5.73 Å². The largest absolute Gasteiger partial charge is 0.399 e. The summed E-state index contributed by atoms with van der Waals surface area (Å²) in [6, 6.07) is 3.65. The molecule has 7 heteroatoms. The van der Waals surface area contributed by atoms with Crippen LogP contribution in [0.3, 0.4) is 0 Å². The molecular formula is C14H19FN2O3S. The number of sulfonamides is 1. The smallest absolute Gasteiger partial charge is 0.246 e. The molecule has 3 rings (SSSR count). The summed E-state index contributed by atoms with van der Waals surface area (Å²) < 4.78 is 46.2. The highest BCUT2D eigenvalue weighted by molar-refractivity contribution is 7.89. The van der Waals surface area contributed by atoms with Gasteiger partial charge in [-0.3, -0.25) is 0 Å². The maximum atomic E-state index is 13.9. The van der Waals surface area contributed by atoms with Gasteiger partial charge in [0.2, 0.25) is 10.0 Å². The van der Waals surface area contributed by atoms with Crippen LogP contribution in [0.2, 0.25) is 0 Å². The Bertz CT molecular complexity index is 625. The average molecular weight is 314 g/mol. The summed E-state index contributed by atoms with van der Waals surface area (Å²) in [5.74, 6) is -0.568. The van der Waals surface area contributed by atoms with E-state index in [4.69, 9.17) is 10.5 Å². The highest BCUT2D eigenvalue weighted by Crippen LogP contribution is 2.34. The van der Waals surface area contributed by atoms with Gasteiger partial charge in [0.15, 0.2) is 0 Å². The predicted octanol–water partition coefficient (Wildman–Crippen LogP) is 1.60. The number of hydrogen-bond donors (Lipinski definition) is 1. The van der Waals surface area contributed by atoms with Crippen molar-refractivity contribution >= 4 is 15.7 Å². The first-order chi connectivity index (χ1) is 9.98. The Kier molecular flexibility index (Phi) is 3.90. The Labute approximate surface area is 123 Å². The fourth-order valence-corrected chi connectivity index (χ4v) is 4.49. The van der Waals surface area contributed by atoms with Gasteiger partial charge in [-0.15, -0.1) is 0 Å². The van der Waals surface area contributed by atoms with Crippen LogP contribution in [0.25, 0.3) is 0 Å². The van der Waals surface area contributed by atoms with Gasteiger partial charge in [0.05, 0.1) is 6.61 Å². The van der Waals surface area contributed by atoms with E-state index in [9.17, 15) is 12.8 Å². The summed E-state index contributed by atoms with van der Waals surface area (Å²) in [6.45, 7) is 1.62. The first kappa shape index (κ1) is 14.7. The molecule has 2 N–H and O–H groups in total. The number of halogens is 1. The molecule has 1 aromatic rings. The zero-order chi connectivity index (χ0) is 15.0. The van der Waals surface area contributed by atoms with E-state index >= 15 is 0 Å². The third-order valence-electron chi connectivity index (χ3n) is 3.96. The summed E-state index contributed by atoms with van der Waals surface area (Å²) in [6.07, 6.45) is 2.51. The quantitative estimate of drug-likeness (QED) is 0.838. The van der Waals surface area contributed by atoms with Gasteiger partial charge in [0.25, 0.3) is 0 Å². The molecular weight excluding hydrogens is 295 g/mol. The molecule has 0 radical (unpaired) electrons. The lowest BCUT2D eigenvalue weighted by atomic mass is 10.1. The second-order valence-electron chi connectivity index (χ2n) is 5.73. The number of rotatable bonds is 5. The number of nitrogens with two attached hydrogens (primary N) is 1. The molecule has 21 heavy (non-hydrogen) atoms. The van der Waals surface area contributed by atoms with E-state index in [1.807, 2.05) is 0 Å². The maximum Gasteiger partial charge on any atom is 0.246 e. The topological polar surface area (TPSA) is 72.6 Å². The minimum atomic E-state index is -3.86. The van der Waals surface area contributed by atoms with E-state index in [0.29, 0.717) is 19.8 Å². The van der Waals surface area contributed by atoms with Crippen LogP contribution in [0, 0.1) is 11.7 Å². The maximum absolute atomic E-state index is 13.9. The summed E-state index contributed by atoms with van der Waals surface area (Å²) in [4.78, 5) is -0.326. The standard InChI is InChI=1S/C14H19FN2O3S/c15-13-4-1-11(16)7-14(13)21(18,19)17(12-2-3-12)8-10-5-6-20-9-10/h1,4,7,10,12H,2-3,5-6,8-9,16H2. The Morgan fingerprint density at radius 3 is 2.71 bits per heavy atom. The van der Waals surface area contributed by atoms with Crippen LogP contribution in [0.15, 0.2) is 23.1 Å². The third-order valence-corrected chi connectivity index (χ3v) is 5.89. The Balaban J connectivity index is 1.91. The highest BCUT2D eigenvalue weighted by atomic mass is 32.2. The van der Waals surface area contributed by atoms with Crippen LogP contribution in [0.1, 0.15) is 19.3 Å². The van der Waals surface area contributed by atoms with Crippen molar-refractivity contribution in [2.75, 3.05) is 25.5 Å². The van der Waals surface area contributed by atoms with E-state index in [1.54, 1.807) is 0 Å². The highest BCUT2D eigenvalue weighted by Gasteiger charge is 2.40. The zero-order valence-corrected chi connectivity index (χ0v) is 12.5. The lowest BCUT2D eigenvalue weighted by Gasteiger charge is -2.24. The lowest BCUT2D eigenvalue weighted by Crippen LogP contribution is -2.37. The average Bonchev–Trinajstić information content (AvgIpc) is 3.14. The fraction of sp³-hybridized carbons (Fsp3) is 0.571. The number of ether oxygens (including phenoxy) is 1. The summed E-state index contributed by atoms with van der Waals surface area (Å²) in [5, 5.41) is 0. The van der Waals surface area contributed by atoms with Gasteiger partial charge in [-0.05, 0) is 43.4 Å². The number of anilines is 1. The molecule has 2 fully saturated rings. The molecule has 1 saturated heterocycles. The number of nitrogen functional groups attached to an aromatic ring is 1. The van der Waals surface area contributed by atoms with Crippen molar-refractivity contribution in [1.29, 1.82) is 0 Å².